The van der Waals surface area contributed by atoms with Gasteiger partial charge in [-0.05, 0) is 0 Å². The van der Waals surface area contributed by atoms with Crippen LogP contribution in [-0.4, -0.2) is 45.4 Å². The number of amides is 1. The summed E-state index contributed by atoms with van der Waals surface area (Å²) in [7, 11) is 0. The zero-order valence-electron chi connectivity index (χ0n) is 13.9. The first-order chi connectivity index (χ1) is 11.1. The molecule has 0 radical (unpaired) electrons. The number of hydrogen-bond donors (Lipinski definition) is 0. The van der Waals surface area contributed by atoms with Gasteiger partial charge in [0.15, 0.2) is 6.61 Å². The van der Waals surface area contributed by atoms with Gasteiger partial charge in [-0.15, -0.1) is 18.3 Å². The van der Waals surface area contributed by atoms with Crippen molar-refractivity contribution >= 4 is 29.0 Å². The van der Waals surface area contributed by atoms with Gasteiger partial charge in [0.2, 0.25) is 5.01 Å². The minimum Gasteiger partial charge on any atom is -0.459 e. The number of carbonyl (C=O) groups excluding carboxylic acids is 1. The maximum Gasteiger partial charge on any atom is 0.347 e. The molecule has 134 valence electrons. The summed E-state index contributed by atoms with van der Waals surface area (Å²) in [4.78, 5) is 13.5. The second-order valence-corrected chi connectivity index (χ2v) is 8.65. The van der Waals surface area contributed by atoms with Crippen molar-refractivity contribution < 1.29 is 18.3 Å². The summed E-state index contributed by atoms with van der Waals surface area (Å²) in [5.41, 5.74) is 0. The van der Waals surface area contributed by atoms with E-state index in [0.29, 0.717) is 36.2 Å². The molecular weight excluding hydrogens is 356 g/mol. The van der Waals surface area contributed by atoms with Crippen LogP contribution in [0.25, 0.3) is 0 Å². The molecule has 0 aliphatic rings. The van der Waals surface area contributed by atoms with Crippen LogP contribution >= 0.6 is 23.1 Å². The van der Waals surface area contributed by atoms with Crippen LogP contribution in [0, 0.1) is 0 Å². The minimum absolute atomic E-state index is 0.0651. The van der Waals surface area contributed by atoms with Gasteiger partial charge >= 0.3 is 5.25 Å². The average Bonchev–Trinajstić information content (AvgIpc) is 2.92. The number of hydrogen-bond acceptors (Lipinski definition) is 6. The van der Waals surface area contributed by atoms with Crippen LogP contribution in [0.4, 0.5) is 8.78 Å². The fraction of sp³-hybridized carbons (Fsp3) is 0.533. The highest BCUT2D eigenvalue weighted by molar-refractivity contribution is 8.01. The number of ether oxygens (including phenoxy) is 1. The Morgan fingerprint density at radius 3 is 2.38 bits per heavy atom. The third-order valence-corrected chi connectivity index (χ3v) is 4.56. The van der Waals surface area contributed by atoms with E-state index in [0.717, 1.165) is 0 Å². The van der Waals surface area contributed by atoms with Crippen LogP contribution in [0.15, 0.2) is 25.3 Å². The van der Waals surface area contributed by atoms with Gasteiger partial charge in [0.25, 0.3) is 11.1 Å². The van der Waals surface area contributed by atoms with E-state index in [1.807, 2.05) is 0 Å². The number of halogens is 2. The van der Waals surface area contributed by atoms with E-state index in [1.54, 1.807) is 32.9 Å². The number of rotatable bonds is 9. The molecule has 0 spiro atoms. The van der Waals surface area contributed by atoms with Crippen LogP contribution in [0.1, 0.15) is 25.8 Å². The molecule has 1 heterocycles. The molecule has 9 heteroatoms. The van der Waals surface area contributed by atoms with Crippen molar-refractivity contribution in [3.63, 3.8) is 0 Å². The fourth-order valence-electron chi connectivity index (χ4n) is 1.62. The second kappa shape index (κ2) is 8.57. The molecule has 0 saturated carbocycles. The largest absolute Gasteiger partial charge is 0.459 e. The lowest BCUT2D eigenvalue weighted by Gasteiger charge is -2.22. The molecule has 1 aromatic rings. The van der Waals surface area contributed by atoms with Crippen molar-refractivity contribution in [1.29, 1.82) is 0 Å². The molecule has 1 aromatic heterocycles. The molecule has 24 heavy (non-hydrogen) atoms. The van der Waals surface area contributed by atoms with E-state index in [2.05, 4.69) is 23.4 Å². The van der Waals surface area contributed by atoms with E-state index in [1.165, 1.54) is 4.90 Å². The maximum absolute atomic E-state index is 14.1. The van der Waals surface area contributed by atoms with Crippen molar-refractivity contribution in [2.24, 2.45) is 0 Å². The predicted octanol–water partition coefficient (Wildman–Crippen LogP) is 3.70. The molecule has 1 rings (SSSR count). The first-order valence-electron chi connectivity index (χ1n) is 7.13. The van der Waals surface area contributed by atoms with Gasteiger partial charge in [0.05, 0.1) is 0 Å². The van der Waals surface area contributed by atoms with Crippen molar-refractivity contribution in [3.05, 3.63) is 30.3 Å². The Labute approximate surface area is 148 Å². The lowest BCUT2D eigenvalue weighted by Crippen LogP contribution is -2.35. The first kappa shape index (κ1) is 20.6. The normalized spacial score (nSPS) is 11.9. The molecule has 0 bridgehead atoms. The van der Waals surface area contributed by atoms with Crippen molar-refractivity contribution in [1.82, 2.24) is 15.1 Å². The predicted molar refractivity (Wildman–Crippen MR) is 93.6 cm³/mol. The SMILES string of the molecule is C=CCN(CC=C)C(=O)COc1nnc(C(F)(F)SC(C)(C)C)s1. The molecule has 0 aliphatic carbocycles. The number of alkyl halides is 2. The Kier molecular flexibility index (Phi) is 7.34. The van der Waals surface area contributed by atoms with Crippen molar-refractivity contribution in [2.45, 2.75) is 30.8 Å². The highest BCUT2D eigenvalue weighted by Crippen LogP contribution is 2.47. The van der Waals surface area contributed by atoms with Crippen LogP contribution in [0.2, 0.25) is 0 Å². The summed E-state index contributed by atoms with van der Waals surface area (Å²) in [5.74, 6) is -0.317. The molecule has 0 fully saturated rings. The Morgan fingerprint density at radius 2 is 1.88 bits per heavy atom. The highest BCUT2D eigenvalue weighted by Gasteiger charge is 2.41. The van der Waals surface area contributed by atoms with Gasteiger partial charge in [0.1, 0.15) is 0 Å². The number of aromatic nitrogens is 2. The summed E-state index contributed by atoms with van der Waals surface area (Å²) in [6.07, 6.45) is 3.16. The van der Waals surface area contributed by atoms with Gasteiger partial charge in [-0.1, -0.05) is 61.1 Å². The molecule has 0 aliphatic heterocycles. The summed E-state index contributed by atoms with van der Waals surface area (Å²) in [5, 5.41) is 3.38. The number of nitrogens with zero attached hydrogens (tertiary/aromatic N) is 3. The number of thioether (sulfide) groups is 1. The monoisotopic (exact) mass is 377 g/mol. The van der Waals surface area contributed by atoms with Crippen molar-refractivity contribution in [3.8, 4) is 5.19 Å². The van der Waals surface area contributed by atoms with Gasteiger partial charge in [0, 0.05) is 17.8 Å². The quantitative estimate of drug-likeness (QED) is 0.614. The molecule has 0 atom stereocenters. The van der Waals surface area contributed by atoms with Crippen LogP contribution in [-0.2, 0) is 10.0 Å². The van der Waals surface area contributed by atoms with E-state index < -0.39 is 15.0 Å². The zero-order valence-corrected chi connectivity index (χ0v) is 15.6. The van der Waals surface area contributed by atoms with E-state index in [9.17, 15) is 13.6 Å². The van der Waals surface area contributed by atoms with Gasteiger partial charge < -0.3 is 9.64 Å². The Balaban J connectivity index is 2.68. The molecular formula is C15H21F2N3O2S2. The maximum atomic E-state index is 14.1. The topological polar surface area (TPSA) is 55.3 Å². The Morgan fingerprint density at radius 1 is 1.29 bits per heavy atom. The highest BCUT2D eigenvalue weighted by atomic mass is 32.2. The third kappa shape index (κ3) is 6.56. The molecule has 0 aromatic carbocycles. The zero-order chi connectivity index (χ0) is 18.4. The Hall–Kier alpha value is -1.48. The third-order valence-electron chi connectivity index (χ3n) is 2.46. The summed E-state index contributed by atoms with van der Waals surface area (Å²) >= 11 is 1.12. The van der Waals surface area contributed by atoms with Gasteiger partial charge in [-0.3, -0.25) is 4.79 Å². The molecule has 0 unspecified atom stereocenters. The summed E-state index contributed by atoms with van der Waals surface area (Å²) in [6.45, 7) is 12.6. The Bertz CT molecular complexity index is 576. The van der Waals surface area contributed by atoms with Crippen LogP contribution in [0.3, 0.4) is 0 Å². The average molecular weight is 377 g/mol. The van der Waals surface area contributed by atoms with Crippen LogP contribution < -0.4 is 4.74 Å². The van der Waals surface area contributed by atoms with Crippen molar-refractivity contribution in [2.75, 3.05) is 19.7 Å². The van der Waals surface area contributed by atoms with E-state index >= 15 is 0 Å². The first-order valence-corrected chi connectivity index (χ1v) is 8.76. The van der Waals surface area contributed by atoms with Gasteiger partial charge in [-0.2, -0.15) is 8.78 Å². The summed E-state index contributed by atoms with van der Waals surface area (Å²) in [6, 6.07) is 0. The minimum atomic E-state index is -3.17. The molecule has 1 amide bonds. The lowest BCUT2D eigenvalue weighted by molar-refractivity contribution is -0.132. The molecule has 0 N–H and O–H groups in total. The molecule has 5 nitrogen and oxygen atoms in total. The molecule has 0 saturated heterocycles. The number of carbonyl (C=O) groups is 1. The smallest absolute Gasteiger partial charge is 0.347 e. The second-order valence-electron chi connectivity index (χ2n) is 5.77. The van der Waals surface area contributed by atoms with E-state index in [-0.39, 0.29) is 17.7 Å². The van der Waals surface area contributed by atoms with Gasteiger partial charge in [-0.25, -0.2) is 0 Å². The standard InChI is InChI=1S/C15H21F2N3O2S2/c1-6-8-20(9-7-2)11(21)10-22-13-19-18-12(23-13)15(16,17)24-14(3,4)5/h6-7H,1-2,8-10H2,3-5H3. The fourth-order valence-corrected chi connectivity index (χ4v) is 3.33. The van der Waals surface area contributed by atoms with Crippen LogP contribution in [0.5, 0.6) is 5.19 Å². The van der Waals surface area contributed by atoms with E-state index in [4.69, 9.17) is 4.74 Å². The summed E-state index contributed by atoms with van der Waals surface area (Å²) < 4.78 is 32.8. The lowest BCUT2D eigenvalue weighted by atomic mass is 10.3.